The summed E-state index contributed by atoms with van der Waals surface area (Å²) in [6, 6.07) is 7.66. The summed E-state index contributed by atoms with van der Waals surface area (Å²) in [4.78, 5) is 31.0. The number of nitrogens with one attached hydrogen (secondary N) is 1. The van der Waals surface area contributed by atoms with Crippen molar-refractivity contribution in [1.82, 2.24) is 25.3 Å². The first kappa shape index (κ1) is 24.2. The number of nitrogens with zero attached hydrogens (tertiary/aromatic N) is 6. The second-order valence-corrected chi connectivity index (χ2v) is 10.8. The van der Waals surface area contributed by atoms with Crippen LogP contribution in [0.3, 0.4) is 0 Å². The van der Waals surface area contributed by atoms with Gasteiger partial charge in [-0.15, -0.1) is 5.10 Å². The number of carbonyl (C=O) groups is 2. The van der Waals surface area contributed by atoms with Crippen molar-refractivity contribution in [2.75, 3.05) is 11.4 Å². The molecule has 9 nitrogen and oxygen atoms in total. The molecule has 0 spiro atoms. The number of hydrogen-bond acceptors (Lipinski definition) is 6. The Kier molecular flexibility index (Phi) is 5.74. The van der Waals surface area contributed by atoms with Crippen molar-refractivity contribution in [2.24, 2.45) is 11.8 Å². The number of piperidine rings is 1. The van der Waals surface area contributed by atoms with E-state index in [1.807, 2.05) is 32.0 Å². The van der Waals surface area contributed by atoms with Crippen molar-refractivity contribution in [3.05, 3.63) is 69.9 Å². The zero-order valence-corrected chi connectivity index (χ0v) is 21.5. The molecule has 3 aliphatic rings. The van der Waals surface area contributed by atoms with Gasteiger partial charge < -0.3 is 5.32 Å². The van der Waals surface area contributed by atoms with Gasteiger partial charge in [0.1, 0.15) is 0 Å². The topological polar surface area (TPSA) is 117 Å². The summed E-state index contributed by atoms with van der Waals surface area (Å²) >= 11 is 0. The third-order valence-corrected chi connectivity index (χ3v) is 8.29. The molecule has 3 heterocycles. The van der Waals surface area contributed by atoms with Gasteiger partial charge in [-0.2, -0.15) is 5.26 Å². The lowest BCUT2D eigenvalue weighted by atomic mass is 9.74. The molecule has 0 unspecified atom stereocenters. The van der Waals surface area contributed by atoms with Crippen molar-refractivity contribution in [2.45, 2.75) is 58.0 Å². The van der Waals surface area contributed by atoms with Crippen LogP contribution in [0.4, 0.5) is 10.2 Å². The second kappa shape index (κ2) is 9.01. The summed E-state index contributed by atoms with van der Waals surface area (Å²) < 4.78 is 16.8. The van der Waals surface area contributed by atoms with Crippen molar-refractivity contribution in [3.63, 3.8) is 0 Å². The fraction of sp³-hybridized carbons (Fsp3) is 0.429. The molecule has 1 aliphatic heterocycles. The Morgan fingerprint density at radius 1 is 1.26 bits per heavy atom. The normalized spacial score (nSPS) is 24.4. The standard InChI is InChI=1S/C28H28FN7O2/c1-14-4-5-17(10-30)21(6-14)18-7-20(8-18)32-27(37)24-13-36(34-33-24)16(3)23-11-31-26(25(29)15(23)2)35-12-19-9-22(19)28(35)38/h4-6,11,13,16,18-20,22H,7-9,12H2,1-3H3,(H,32,37)/t16-,18-,19+,20+,22+/m0/s1. The predicted octanol–water partition coefficient (Wildman–Crippen LogP) is 3.57. The van der Waals surface area contributed by atoms with Crippen LogP contribution in [0, 0.1) is 42.8 Å². The van der Waals surface area contributed by atoms with Gasteiger partial charge in [-0.3, -0.25) is 14.5 Å². The average Bonchev–Trinajstić information content (AvgIpc) is 3.33. The zero-order valence-electron chi connectivity index (χ0n) is 21.5. The second-order valence-electron chi connectivity index (χ2n) is 10.8. The molecule has 2 aliphatic carbocycles. The number of pyridine rings is 1. The molecule has 2 amide bonds. The number of rotatable bonds is 6. The molecule has 38 heavy (non-hydrogen) atoms. The fourth-order valence-electron chi connectivity index (χ4n) is 5.74. The van der Waals surface area contributed by atoms with Crippen molar-refractivity contribution in [3.8, 4) is 6.07 Å². The molecule has 3 aromatic rings. The summed E-state index contributed by atoms with van der Waals surface area (Å²) in [5.74, 6) is -0.199. The Morgan fingerprint density at radius 2 is 2.05 bits per heavy atom. The predicted molar refractivity (Wildman–Crippen MR) is 136 cm³/mol. The van der Waals surface area contributed by atoms with E-state index in [0.29, 0.717) is 29.2 Å². The third-order valence-electron chi connectivity index (χ3n) is 8.29. The van der Waals surface area contributed by atoms with Gasteiger partial charge in [0.15, 0.2) is 17.3 Å². The van der Waals surface area contributed by atoms with E-state index in [1.165, 1.54) is 9.58 Å². The largest absolute Gasteiger partial charge is 0.348 e. The lowest BCUT2D eigenvalue weighted by molar-refractivity contribution is -0.118. The van der Waals surface area contributed by atoms with E-state index in [4.69, 9.17) is 0 Å². The molecule has 2 saturated carbocycles. The summed E-state index contributed by atoms with van der Waals surface area (Å²) in [5.41, 5.74) is 4.00. The molecule has 1 N–H and O–H groups in total. The summed E-state index contributed by atoms with van der Waals surface area (Å²) in [6.45, 7) is 6.02. The first-order valence-corrected chi connectivity index (χ1v) is 12.9. The van der Waals surface area contributed by atoms with E-state index in [1.54, 1.807) is 19.3 Å². The van der Waals surface area contributed by atoms with Crippen LogP contribution in [0.25, 0.3) is 0 Å². The minimum absolute atomic E-state index is 0.00505. The number of nitriles is 1. The van der Waals surface area contributed by atoms with E-state index in [-0.39, 0.29) is 41.2 Å². The van der Waals surface area contributed by atoms with E-state index in [9.17, 15) is 14.9 Å². The Bertz CT molecular complexity index is 1500. The van der Waals surface area contributed by atoms with Gasteiger partial charge in [0.2, 0.25) is 5.91 Å². The number of anilines is 1. The van der Waals surface area contributed by atoms with E-state index < -0.39 is 11.9 Å². The van der Waals surface area contributed by atoms with Gasteiger partial charge in [0.05, 0.1) is 23.9 Å². The van der Waals surface area contributed by atoms with Crippen LogP contribution in [0.1, 0.15) is 76.5 Å². The van der Waals surface area contributed by atoms with Crippen LogP contribution in [-0.4, -0.2) is 44.4 Å². The number of fused-ring (bicyclic) bond motifs is 1. The van der Waals surface area contributed by atoms with E-state index in [0.717, 1.165) is 30.4 Å². The molecule has 6 rings (SSSR count). The first-order valence-electron chi connectivity index (χ1n) is 12.9. The van der Waals surface area contributed by atoms with Gasteiger partial charge in [-0.1, -0.05) is 22.9 Å². The van der Waals surface area contributed by atoms with Crippen molar-refractivity contribution < 1.29 is 14.0 Å². The summed E-state index contributed by atoms with van der Waals surface area (Å²) in [5, 5.41) is 20.6. The van der Waals surface area contributed by atoms with Crippen LogP contribution < -0.4 is 10.2 Å². The van der Waals surface area contributed by atoms with E-state index in [2.05, 4.69) is 26.7 Å². The lowest BCUT2D eigenvalue weighted by Gasteiger charge is -2.36. The highest BCUT2D eigenvalue weighted by Gasteiger charge is 2.53. The smallest absolute Gasteiger partial charge is 0.273 e. The maximum absolute atomic E-state index is 15.3. The number of hydrogen-bond donors (Lipinski definition) is 1. The van der Waals surface area contributed by atoms with E-state index >= 15 is 4.39 Å². The van der Waals surface area contributed by atoms with Crippen LogP contribution >= 0.6 is 0 Å². The molecule has 1 aromatic carbocycles. The molecule has 0 radical (unpaired) electrons. The molecular formula is C28H28FN7O2. The molecule has 3 fully saturated rings. The Balaban J connectivity index is 1.11. The zero-order chi connectivity index (χ0) is 26.7. The van der Waals surface area contributed by atoms with Gasteiger partial charge >= 0.3 is 0 Å². The number of aryl methyl sites for hydroxylation is 1. The van der Waals surface area contributed by atoms with Gasteiger partial charge in [-0.25, -0.2) is 14.1 Å². The Hall–Kier alpha value is -4.13. The quantitative estimate of drug-likeness (QED) is 0.539. The van der Waals surface area contributed by atoms with Crippen molar-refractivity contribution in [1.29, 1.82) is 5.26 Å². The van der Waals surface area contributed by atoms with Gasteiger partial charge in [0.25, 0.3) is 5.91 Å². The SMILES string of the molecule is Cc1ccc(C#N)c([C@H]2C[C@@H](NC(=O)c3cn([C@@H](C)c4cnc(N5C[C@H]6C[C@H]6C5=O)c(F)c4C)nn3)C2)c1. The van der Waals surface area contributed by atoms with Crippen LogP contribution in [0.2, 0.25) is 0 Å². The highest BCUT2D eigenvalue weighted by Crippen LogP contribution is 2.47. The number of aromatic nitrogens is 4. The Labute approximate surface area is 219 Å². The third kappa shape index (κ3) is 4.02. The molecule has 2 aromatic heterocycles. The maximum atomic E-state index is 15.3. The average molecular weight is 514 g/mol. The highest BCUT2D eigenvalue weighted by molar-refractivity contribution is 5.99. The molecule has 3 atom stereocenters. The van der Waals surface area contributed by atoms with Gasteiger partial charge in [-0.05, 0) is 69.1 Å². The maximum Gasteiger partial charge on any atom is 0.273 e. The first-order chi connectivity index (χ1) is 18.2. The molecule has 1 saturated heterocycles. The Morgan fingerprint density at radius 3 is 2.76 bits per heavy atom. The number of amides is 2. The number of carbonyl (C=O) groups excluding carboxylic acids is 2. The van der Waals surface area contributed by atoms with Crippen molar-refractivity contribution >= 4 is 17.6 Å². The molecule has 10 heteroatoms. The summed E-state index contributed by atoms with van der Waals surface area (Å²) in [7, 11) is 0. The molecule has 194 valence electrons. The van der Waals surface area contributed by atoms with Crippen LogP contribution in [0.15, 0.2) is 30.6 Å². The summed E-state index contributed by atoms with van der Waals surface area (Å²) in [6.07, 6.45) is 5.53. The molecule has 0 bridgehead atoms. The number of benzene rings is 1. The minimum Gasteiger partial charge on any atom is -0.348 e. The monoisotopic (exact) mass is 513 g/mol. The number of halogens is 1. The minimum atomic E-state index is -0.505. The molecular weight excluding hydrogens is 485 g/mol. The fourth-order valence-corrected chi connectivity index (χ4v) is 5.74. The van der Waals surface area contributed by atoms with Gasteiger partial charge in [0, 0.05) is 30.3 Å². The lowest BCUT2D eigenvalue weighted by Crippen LogP contribution is -2.43. The van der Waals surface area contributed by atoms with Crippen LogP contribution in [-0.2, 0) is 4.79 Å². The highest BCUT2D eigenvalue weighted by atomic mass is 19.1. The van der Waals surface area contributed by atoms with Crippen LogP contribution in [0.5, 0.6) is 0 Å².